The van der Waals surface area contributed by atoms with E-state index in [2.05, 4.69) is 20.5 Å². The van der Waals surface area contributed by atoms with Crippen molar-refractivity contribution in [3.63, 3.8) is 0 Å². The fourth-order valence-corrected chi connectivity index (χ4v) is 3.27. The number of amides is 2. The first-order valence-electron chi connectivity index (χ1n) is 7.16. The molecule has 1 aromatic carbocycles. The van der Waals surface area contributed by atoms with E-state index in [1.54, 1.807) is 16.5 Å². The topological polar surface area (TPSA) is 91.0 Å². The van der Waals surface area contributed by atoms with Crippen LogP contribution in [0, 0.1) is 5.92 Å². The molecule has 0 bridgehead atoms. The summed E-state index contributed by atoms with van der Waals surface area (Å²) in [4.78, 5) is 30.2. The number of hydrogen-bond donors (Lipinski definition) is 2. The third-order valence-electron chi connectivity index (χ3n) is 3.86. The highest BCUT2D eigenvalue weighted by Gasteiger charge is 2.37. The number of rotatable bonds is 3. The van der Waals surface area contributed by atoms with Crippen molar-refractivity contribution >= 4 is 45.0 Å². The van der Waals surface area contributed by atoms with Crippen LogP contribution in [-0.2, 0) is 9.59 Å². The van der Waals surface area contributed by atoms with Crippen molar-refractivity contribution in [1.29, 1.82) is 0 Å². The number of nitrogens with one attached hydrogen (secondary N) is 2. The molecule has 0 saturated carbocycles. The molecule has 0 unspecified atom stereocenters. The van der Waals surface area contributed by atoms with E-state index in [9.17, 15) is 9.59 Å². The molecular formula is C15H13N5O2S. The van der Waals surface area contributed by atoms with Gasteiger partial charge in [0.05, 0.1) is 11.4 Å². The Kier molecular flexibility index (Phi) is 3.30. The van der Waals surface area contributed by atoms with Gasteiger partial charge in [-0.05, 0) is 12.1 Å². The van der Waals surface area contributed by atoms with Crippen LogP contribution in [0.3, 0.4) is 0 Å². The zero-order valence-corrected chi connectivity index (χ0v) is 12.8. The molecule has 1 fully saturated rings. The molecule has 1 atom stereocenters. The zero-order valence-electron chi connectivity index (χ0n) is 12.0. The molecule has 116 valence electrons. The third kappa shape index (κ3) is 2.46. The number of benzene rings is 1. The van der Waals surface area contributed by atoms with E-state index in [4.69, 9.17) is 0 Å². The molecule has 23 heavy (non-hydrogen) atoms. The summed E-state index contributed by atoms with van der Waals surface area (Å²) in [7, 11) is 0. The van der Waals surface area contributed by atoms with Crippen LogP contribution < -0.4 is 10.2 Å². The second-order valence-corrected chi connectivity index (χ2v) is 6.22. The van der Waals surface area contributed by atoms with Gasteiger partial charge in [-0.15, -0.1) is 11.3 Å². The number of para-hydroxylation sites is 1. The second kappa shape index (κ2) is 5.47. The Morgan fingerprint density at radius 1 is 1.39 bits per heavy atom. The Morgan fingerprint density at radius 2 is 2.26 bits per heavy atom. The molecule has 0 spiro atoms. The van der Waals surface area contributed by atoms with E-state index in [0.29, 0.717) is 17.5 Å². The number of nitrogens with zero attached hydrogens (tertiary/aromatic N) is 3. The molecule has 1 saturated heterocycles. The van der Waals surface area contributed by atoms with E-state index in [-0.39, 0.29) is 18.2 Å². The van der Waals surface area contributed by atoms with E-state index < -0.39 is 5.92 Å². The van der Waals surface area contributed by atoms with Crippen molar-refractivity contribution in [3.05, 3.63) is 35.8 Å². The van der Waals surface area contributed by atoms with Crippen molar-refractivity contribution in [1.82, 2.24) is 15.2 Å². The zero-order chi connectivity index (χ0) is 15.8. The molecule has 4 rings (SSSR count). The lowest BCUT2D eigenvalue weighted by molar-refractivity contribution is -0.122. The van der Waals surface area contributed by atoms with Crippen LogP contribution >= 0.6 is 11.3 Å². The lowest BCUT2D eigenvalue weighted by atomic mass is 10.1. The maximum Gasteiger partial charge on any atom is 0.231 e. The van der Waals surface area contributed by atoms with Gasteiger partial charge in [0.25, 0.3) is 0 Å². The number of carbonyl (C=O) groups excluding carboxylic acids is 2. The lowest BCUT2D eigenvalue weighted by Gasteiger charge is -2.13. The molecule has 2 N–H and O–H groups in total. The average Bonchev–Trinajstić information content (AvgIpc) is 3.26. The van der Waals surface area contributed by atoms with Gasteiger partial charge >= 0.3 is 0 Å². The Hall–Kier alpha value is -2.74. The number of carbonyl (C=O) groups is 2. The van der Waals surface area contributed by atoms with Crippen molar-refractivity contribution in [2.75, 3.05) is 16.8 Å². The van der Waals surface area contributed by atoms with Gasteiger partial charge in [0, 0.05) is 29.9 Å². The maximum absolute atomic E-state index is 12.3. The minimum atomic E-state index is -0.401. The second-order valence-electron chi connectivity index (χ2n) is 5.32. The highest BCUT2D eigenvalue weighted by Crippen LogP contribution is 2.30. The first-order valence-corrected chi connectivity index (χ1v) is 8.04. The van der Waals surface area contributed by atoms with Gasteiger partial charge in [0.1, 0.15) is 0 Å². The van der Waals surface area contributed by atoms with Crippen molar-refractivity contribution < 1.29 is 9.59 Å². The van der Waals surface area contributed by atoms with Crippen LogP contribution in [0.1, 0.15) is 6.42 Å². The summed E-state index contributed by atoms with van der Waals surface area (Å²) in [5.41, 5.74) is 0.867. The van der Waals surface area contributed by atoms with Crippen LogP contribution in [0.5, 0.6) is 0 Å². The SMILES string of the molecule is O=C(Nc1nccs1)[C@@H]1CC(=O)N(c2n[nH]c3ccccc23)C1. The van der Waals surface area contributed by atoms with Gasteiger partial charge in [0.2, 0.25) is 11.8 Å². The smallest absolute Gasteiger partial charge is 0.231 e. The molecule has 3 heterocycles. The van der Waals surface area contributed by atoms with Gasteiger partial charge in [0.15, 0.2) is 10.9 Å². The predicted molar refractivity (Wildman–Crippen MR) is 87.3 cm³/mol. The minimum Gasteiger partial charge on any atom is -0.302 e. The Morgan fingerprint density at radius 3 is 3.09 bits per heavy atom. The summed E-state index contributed by atoms with van der Waals surface area (Å²) in [6, 6.07) is 7.61. The Balaban J connectivity index is 1.55. The van der Waals surface area contributed by atoms with E-state index in [0.717, 1.165) is 10.9 Å². The quantitative estimate of drug-likeness (QED) is 0.770. The Bertz CT molecular complexity index is 873. The van der Waals surface area contributed by atoms with Gasteiger partial charge in [-0.1, -0.05) is 12.1 Å². The third-order valence-corrected chi connectivity index (χ3v) is 4.55. The number of H-pyrrole nitrogens is 1. The van der Waals surface area contributed by atoms with E-state index in [1.807, 2.05) is 24.3 Å². The predicted octanol–water partition coefficient (Wildman–Crippen LogP) is 2.01. The van der Waals surface area contributed by atoms with Gasteiger partial charge in [-0.2, -0.15) is 5.10 Å². The molecule has 1 aliphatic rings. The van der Waals surface area contributed by atoms with Crippen LogP contribution in [0.2, 0.25) is 0 Å². The monoisotopic (exact) mass is 327 g/mol. The van der Waals surface area contributed by atoms with Crippen molar-refractivity contribution in [2.45, 2.75) is 6.42 Å². The Labute approximate surface area is 135 Å². The summed E-state index contributed by atoms with van der Waals surface area (Å²) in [6.07, 6.45) is 1.81. The molecule has 0 radical (unpaired) electrons. The highest BCUT2D eigenvalue weighted by molar-refractivity contribution is 7.13. The molecule has 1 aliphatic heterocycles. The summed E-state index contributed by atoms with van der Waals surface area (Å²) in [6.45, 7) is 0.324. The van der Waals surface area contributed by atoms with E-state index >= 15 is 0 Å². The summed E-state index contributed by atoms with van der Waals surface area (Å²) in [5.74, 6) is -0.103. The number of aromatic amines is 1. The molecule has 2 aromatic heterocycles. The number of aromatic nitrogens is 3. The number of hydrogen-bond acceptors (Lipinski definition) is 5. The van der Waals surface area contributed by atoms with Crippen molar-refractivity contribution in [3.8, 4) is 0 Å². The van der Waals surface area contributed by atoms with Gasteiger partial charge in [-0.25, -0.2) is 4.98 Å². The first kappa shape index (κ1) is 13.9. The summed E-state index contributed by atoms with van der Waals surface area (Å²) >= 11 is 1.35. The van der Waals surface area contributed by atoms with E-state index in [1.165, 1.54) is 11.3 Å². The summed E-state index contributed by atoms with van der Waals surface area (Å²) in [5, 5.41) is 13.1. The number of fused-ring (bicyclic) bond motifs is 1. The van der Waals surface area contributed by atoms with Crippen LogP contribution in [0.25, 0.3) is 10.9 Å². The molecular weight excluding hydrogens is 314 g/mol. The molecule has 7 nitrogen and oxygen atoms in total. The molecule has 2 amide bonds. The molecule has 0 aliphatic carbocycles. The average molecular weight is 327 g/mol. The first-order chi connectivity index (χ1) is 11.2. The molecule has 8 heteroatoms. The fourth-order valence-electron chi connectivity index (χ4n) is 2.74. The minimum absolute atomic E-state index is 0.0958. The van der Waals surface area contributed by atoms with Crippen LogP contribution in [0.4, 0.5) is 10.9 Å². The van der Waals surface area contributed by atoms with Gasteiger partial charge in [-0.3, -0.25) is 19.6 Å². The normalized spacial score (nSPS) is 17.8. The van der Waals surface area contributed by atoms with Crippen LogP contribution in [-0.4, -0.2) is 33.5 Å². The standard InChI is InChI=1S/C15H13N5O2S/c21-12-7-9(14(22)17-15-16-5-6-23-15)8-20(12)13-10-3-1-2-4-11(10)18-19-13/h1-6,9H,7-8H2,(H,18,19)(H,16,17,22)/t9-/m1/s1. The lowest BCUT2D eigenvalue weighted by Crippen LogP contribution is -2.28. The number of thiazole rings is 1. The maximum atomic E-state index is 12.3. The summed E-state index contributed by atoms with van der Waals surface area (Å²) < 4.78 is 0. The van der Waals surface area contributed by atoms with Gasteiger partial charge < -0.3 is 5.32 Å². The number of anilines is 2. The van der Waals surface area contributed by atoms with Crippen LogP contribution in [0.15, 0.2) is 35.8 Å². The molecule has 3 aromatic rings. The highest BCUT2D eigenvalue weighted by atomic mass is 32.1. The fraction of sp³-hybridized carbons (Fsp3) is 0.200. The largest absolute Gasteiger partial charge is 0.302 e. The van der Waals surface area contributed by atoms with Crippen molar-refractivity contribution in [2.24, 2.45) is 5.92 Å².